The van der Waals surface area contributed by atoms with Gasteiger partial charge in [-0.25, -0.2) is 0 Å². The number of hydrogen-bond acceptors (Lipinski definition) is 3. The van der Waals surface area contributed by atoms with Gasteiger partial charge in [0.1, 0.15) is 6.04 Å². The minimum atomic E-state index is -0.696. The quantitative estimate of drug-likeness (QED) is 0.902. The number of aliphatic carboxylic acids is 1. The lowest BCUT2D eigenvalue weighted by atomic mass is 9.89. The average molecular weight is 286 g/mol. The molecule has 0 amide bonds. The van der Waals surface area contributed by atoms with Gasteiger partial charge in [-0.3, -0.25) is 14.6 Å². The van der Waals surface area contributed by atoms with Crippen LogP contribution in [0.4, 0.5) is 0 Å². The maximum atomic E-state index is 11.9. The third-order valence-electron chi connectivity index (χ3n) is 5.55. The fraction of sp³-hybridized carbons (Fsp3) is 0.588. The molecule has 0 radical (unpaired) electrons. The Kier molecular flexibility index (Phi) is 3.23. The zero-order valence-corrected chi connectivity index (χ0v) is 12.2. The minimum Gasteiger partial charge on any atom is -0.480 e. The summed E-state index contributed by atoms with van der Waals surface area (Å²) in [5, 5.41) is 9.80. The number of carbonyl (C=O) groups is 1. The van der Waals surface area contributed by atoms with Crippen LogP contribution < -0.4 is 0 Å². The molecule has 1 aromatic rings. The summed E-state index contributed by atoms with van der Waals surface area (Å²) in [6.07, 6.45) is 4.60. The molecular formula is C17H22N2O2. The van der Waals surface area contributed by atoms with E-state index in [1.54, 1.807) is 0 Å². The largest absolute Gasteiger partial charge is 0.480 e. The highest BCUT2D eigenvalue weighted by Crippen LogP contribution is 2.38. The van der Waals surface area contributed by atoms with Crippen LogP contribution in [0.2, 0.25) is 0 Å². The van der Waals surface area contributed by atoms with E-state index in [0.717, 1.165) is 31.5 Å². The van der Waals surface area contributed by atoms with E-state index in [4.69, 9.17) is 0 Å². The normalized spacial score (nSPS) is 32.9. The first-order chi connectivity index (χ1) is 10.3. The molecule has 21 heavy (non-hydrogen) atoms. The number of benzene rings is 1. The molecule has 4 rings (SSSR count). The van der Waals surface area contributed by atoms with Crippen LogP contribution in [-0.2, 0) is 11.2 Å². The van der Waals surface area contributed by atoms with Crippen molar-refractivity contribution in [2.24, 2.45) is 0 Å². The predicted octanol–water partition coefficient (Wildman–Crippen LogP) is 1.91. The van der Waals surface area contributed by atoms with Gasteiger partial charge in [-0.15, -0.1) is 0 Å². The number of carboxylic acid groups (broad SMARTS) is 1. The molecule has 3 heterocycles. The van der Waals surface area contributed by atoms with Crippen LogP contribution in [0.3, 0.4) is 0 Å². The molecule has 4 heteroatoms. The molecule has 0 saturated carbocycles. The fourth-order valence-electron chi connectivity index (χ4n) is 4.66. The zero-order chi connectivity index (χ0) is 14.4. The van der Waals surface area contributed by atoms with E-state index in [9.17, 15) is 9.90 Å². The number of hydrogen-bond donors (Lipinski definition) is 1. The molecule has 4 nitrogen and oxygen atoms in total. The fourth-order valence-corrected chi connectivity index (χ4v) is 4.66. The lowest BCUT2D eigenvalue weighted by molar-refractivity contribution is -0.145. The summed E-state index contributed by atoms with van der Waals surface area (Å²) in [5.74, 6) is -0.696. The van der Waals surface area contributed by atoms with Gasteiger partial charge in [0, 0.05) is 25.2 Å². The SMILES string of the molecule is O=C(O)C1c2ccccc2CCN1C1CCN2CCCC12. The first kappa shape index (κ1) is 13.3. The summed E-state index contributed by atoms with van der Waals surface area (Å²) in [6.45, 7) is 3.21. The topological polar surface area (TPSA) is 43.8 Å². The Morgan fingerprint density at radius 2 is 1.95 bits per heavy atom. The van der Waals surface area contributed by atoms with E-state index in [2.05, 4.69) is 15.9 Å². The van der Waals surface area contributed by atoms with E-state index < -0.39 is 12.0 Å². The van der Waals surface area contributed by atoms with Crippen LogP contribution in [-0.4, -0.2) is 52.6 Å². The Morgan fingerprint density at radius 3 is 2.81 bits per heavy atom. The standard InChI is InChI=1S/C17H22N2O2/c20-17(21)16-13-5-2-1-4-12(13)7-11-19(16)15-8-10-18-9-3-6-14(15)18/h1-2,4-5,14-16H,3,6-11H2,(H,20,21). The van der Waals surface area contributed by atoms with Crippen LogP contribution in [0, 0.1) is 0 Å². The van der Waals surface area contributed by atoms with Crippen molar-refractivity contribution in [2.45, 2.75) is 43.8 Å². The molecule has 3 atom stereocenters. The van der Waals surface area contributed by atoms with E-state index in [1.165, 1.54) is 24.9 Å². The summed E-state index contributed by atoms with van der Waals surface area (Å²) < 4.78 is 0. The van der Waals surface area contributed by atoms with Gasteiger partial charge < -0.3 is 5.11 Å². The zero-order valence-electron chi connectivity index (χ0n) is 12.2. The number of rotatable bonds is 2. The Labute approximate surface area is 125 Å². The third kappa shape index (κ3) is 2.09. The van der Waals surface area contributed by atoms with Crippen LogP contribution >= 0.6 is 0 Å². The molecule has 1 aromatic carbocycles. The smallest absolute Gasteiger partial charge is 0.325 e. The van der Waals surface area contributed by atoms with Crippen molar-refractivity contribution >= 4 is 5.97 Å². The molecule has 3 aliphatic rings. The molecule has 112 valence electrons. The monoisotopic (exact) mass is 286 g/mol. The van der Waals surface area contributed by atoms with Gasteiger partial charge in [0.2, 0.25) is 0 Å². The van der Waals surface area contributed by atoms with Crippen molar-refractivity contribution in [3.05, 3.63) is 35.4 Å². The molecular weight excluding hydrogens is 264 g/mol. The number of fused-ring (bicyclic) bond motifs is 2. The number of carboxylic acids is 1. The Balaban J connectivity index is 1.68. The summed E-state index contributed by atoms with van der Waals surface area (Å²) in [5.41, 5.74) is 2.22. The summed E-state index contributed by atoms with van der Waals surface area (Å²) in [7, 11) is 0. The molecule has 0 aliphatic carbocycles. The van der Waals surface area contributed by atoms with Crippen LogP contribution in [0.15, 0.2) is 24.3 Å². The van der Waals surface area contributed by atoms with Crippen molar-refractivity contribution < 1.29 is 9.90 Å². The first-order valence-electron chi connectivity index (χ1n) is 8.06. The van der Waals surface area contributed by atoms with Crippen molar-refractivity contribution in [1.82, 2.24) is 9.80 Å². The Bertz CT molecular complexity index is 559. The molecule has 2 saturated heterocycles. The van der Waals surface area contributed by atoms with Gasteiger partial charge in [-0.2, -0.15) is 0 Å². The summed E-state index contributed by atoms with van der Waals surface area (Å²) >= 11 is 0. The Hall–Kier alpha value is -1.39. The first-order valence-corrected chi connectivity index (χ1v) is 8.06. The lowest BCUT2D eigenvalue weighted by Gasteiger charge is -2.40. The number of nitrogens with zero attached hydrogens (tertiary/aromatic N) is 2. The lowest BCUT2D eigenvalue weighted by Crippen LogP contribution is -2.49. The van der Waals surface area contributed by atoms with Crippen molar-refractivity contribution in [2.75, 3.05) is 19.6 Å². The molecule has 3 aliphatic heterocycles. The van der Waals surface area contributed by atoms with Gasteiger partial charge >= 0.3 is 5.97 Å². The highest BCUT2D eigenvalue weighted by molar-refractivity contribution is 5.76. The van der Waals surface area contributed by atoms with Crippen molar-refractivity contribution in [3.63, 3.8) is 0 Å². The predicted molar refractivity (Wildman–Crippen MR) is 80.2 cm³/mol. The van der Waals surface area contributed by atoms with E-state index in [1.807, 2.05) is 18.2 Å². The molecule has 2 fully saturated rings. The van der Waals surface area contributed by atoms with Crippen molar-refractivity contribution in [3.8, 4) is 0 Å². The van der Waals surface area contributed by atoms with Crippen molar-refractivity contribution in [1.29, 1.82) is 0 Å². The second kappa shape index (κ2) is 5.11. The van der Waals surface area contributed by atoms with Crippen LogP contribution in [0.5, 0.6) is 0 Å². The summed E-state index contributed by atoms with van der Waals surface area (Å²) in [6, 6.07) is 8.61. The molecule has 0 bridgehead atoms. The maximum absolute atomic E-state index is 11.9. The second-order valence-corrected chi connectivity index (χ2v) is 6.53. The molecule has 1 N–H and O–H groups in total. The summed E-state index contributed by atoms with van der Waals surface area (Å²) in [4.78, 5) is 16.8. The van der Waals surface area contributed by atoms with Gasteiger partial charge in [-0.1, -0.05) is 24.3 Å². The highest BCUT2D eigenvalue weighted by Gasteiger charge is 2.45. The molecule has 3 unspecified atom stereocenters. The van der Waals surface area contributed by atoms with Gasteiger partial charge in [0.25, 0.3) is 0 Å². The molecule has 0 spiro atoms. The maximum Gasteiger partial charge on any atom is 0.325 e. The second-order valence-electron chi connectivity index (χ2n) is 6.53. The van der Waals surface area contributed by atoms with E-state index in [0.29, 0.717) is 12.1 Å². The highest BCUT2D eigenvalue weighted by atomic mass is 16.4. The van der Waals surface area contributed by atoms with Crippen LogP contribution in [0.1, 0.15) is 36.4 Å². The molecule has 0 aromatic heterocycles. The van der Waals surface area contributed by atoms with Gasteiger partial charge in [0.05, 0.1) is 0 Å². The van der Waals surface area contributed by atoms with Gasteiger partial charge in [0.15, 0.2) is 0 Å². The van der Waals surface area contributed by atoms with Crippen LogP contribution in [0.25, 0.3) is 0 Å². The van der Waals surface area contributed by atoms with Gasteiger partial charge in [-0.05, 0) is 43.4 Å². The minimum absolute atomic E-state index is 0.418. The van der Waals surface area contributed by atoms with E-state index >= 15 is 0 Å². The third-order valence-corrected chi connectivity index (χ3v) is 5.55. The Morgan fingerprint density at radius 1 is 1.10 bits per heavy atom. The average Bonchev–Trinajstić information content (AvgIpc) is 3.08. The van der Waals surface area contributed by atoms with E-state index in [-0.39, 0.29) is 0 Å².